The van der Waals surface area contributed by atoms with Crippen molar-refractivity contribution in [1.82, 2.24) is 14.5 Å². The first-order valence-corrected chi connectivity index (χ1v) is 10.6. The van der Waals surface area contributed by atoms with E-state index < -0.39 is 0 Å². The number of hydrogen-bond donors (Lipinski definition) is 0. The first-order valence-electron chi connectivity index (χ1n) is 9.87. The second-order valence-electron chi connectivity index (χ2n) is 7.72. The molecule has 160 valence electrons. The number of pyridine rings is 3. The van der Waals surface area contributed by atoms with Gasteiger partial charge in [0.25, 0.3) is 5.56 Å². The van der Waals surface area contributed by atoms with Crippen molar-refractivity contribution in [1.29, 1.82) is 5.26 Å². The summed E-state index contributed by atoms with van der Waals surface area (Å²) in [5.74, 6) is 0. The van der Waals surface area contributed by atoms with E-state index in [0.29, 0.717) is 59.2 Å². The van der Waals surface area contributed by atoms with Gasteiger partial charge in [0.05, 0.1) is 21.8 Å². The van der Waals surface area contributed by atoms with Gasteiger partial charge >= 0.3 is 0 Å². The van der Waals surface area contributed by atoms with Gasteiger partial charge in [-0.3, -0.25) is 9.78 Å². The minimum atomic E-state index is -0.384. The standard InChI is InChI=1S/C22H21Cl2N5O2/c1-28-17-5-6-18(24)27-19(17)20(16(12-25)21(28)30)29-9-7-22(31-2,8-10-29)11-15-4-3-14(23)13-26-15/h3-6,13H,7-11H2,1-2H3. The molecule has 31 heavy (non-hydrogen) atoms. The predicted octanol–water partition coefficient (Wildman–Crippen LogP) is 3.74. The molecule has 4 rings (SSSR count). The average molecular weight is 458 g/mol. The maximum atomic E-state index is 12.8. The van der Waals surface area contributed by atoms with Crippen LogP contribution < -0.4 is 10.5 Å². The Balaban J connectivity index is 1.69. The summed E-state index contributed by atoms with van der Waals surface area (Å²) in [6, 6.07) is 9.21. The molecule has 3 aromatic heterocycles. The van der Waals surface area contributed by atoms with E-state index in [9.17, 15) is 10.1 Å². The highest BCUT2D eigenvalue weighted by molar-refractivity contribution is 6.30. The van der Waals surface area contributed by atoms with Crippen LogP contribution in [0.2, 0.25) is 10.2 Å². The van der Waals surface area contributed by atoms with Crippen LogP contribution in [0.15, 0.2) is 35.3 Å². The van der Waals surface area contributed by atoms with Crippen molar-refractivity contribution in [2.24, 2.45) is 7.05 Å². The zero-order valence-corrected chi connectivity index (χ0v) is 18.7. The number of piperidine rings is 1. The van der Waals surface area contributed by atoms with Crippen LogP contribution in [0.4, 0.5) is 5.69 Å². The average Bonchev–Trinajstić information content (AvgIpc) is 2.78. The van der Waals surface area contributed by atoms with E-state index >= 15 is 0 Å². The lowest BCUT2D eigenvalue weighted by atomic mass is 9.86. The number of rotatable bonds is 4. The van der Waals surface area contributed by atoms with Gasteiger partial charge in [-0.1, -0.05) is 23.2 Å². The van der Waals surface area contributed by atoms with Crippen LogP contribution in [-0.2, 0) is 18.2 Å². The fourth-order valence-corrected chi connectivity index (χ4v) is 4.47. The molecular formula is C22H21Cl2N5O2. The molecule has 1 saturated heterocycles. The highest BCUT2D eigenvalue weighted by atomic mass is 35.5. The summed E-state index contributed by atoms with van der Waals surface area (Å²) in [5, 5.41) is 10.7. The Hall–Kier alpha value is -2.66. The van der Waals surface area contributed by atoms with Gasteiger partial charge in [-0.05, 0) is 37.1 Å². The van der Waals surface area contributed by atoms with Gasteiger partial charge < -0.3 is 14.2 Å². The molecule has 7 nitrogen and oxygen atoms in total. The van der Waals surface area contributed by atoms with E-state index in [1.807, 2.05) is 17.0 Å². The lowest BCUT2D eigenvalue weighted by Gasteiger charge is -2.42. The van der Waals surface area contributed by atoms with E-state index in [0.717, 1.165) is 5.69 Å². The minimum absolute atomic E-state index is 0.0778. The number of nitrogens with zero attached hydrogens (tertiary/aromatic N) is 5. The molecule has 0 atom stereocenters. The fraction of sp³-hybridized carbons (Fsp3) is 0.364. The number of methoxy groups -OCH3 is 1. The van der Waals surface area contributed by atoms with Crippen molar-refractivity contribution >= 4 is 39.9 Å². The van der Waals surface area contributed by atoms with E-state index in [4.69, 9.17) is 27.9 Å². The highest BCUT2D eigenvalue weighted by Crippen LogP contribution is 2.35. The van der Waals surface area contributed by atoms with Crippen LogP contribution >= 0.6 is 23.2 Å². The fourth-order valence-electron chi connectivity index (χ4n) is 4.21. The largest absolute Gasteiger partial charge is 0.378 e. The summed E-state index contributed by atoms with van der Waals surface area (Å²) in [4.78, 5) is 23.7. The maximum Gasteiger partial charge on any atom is 0.270 e. The van der Waals surface area contributed by atoms with Crippen LogP contribution in [0.25, 0.3) is 11.0 Å². The van der Waals surface area contributed by atoms with E-state index in [1.54, 1.807) is 32.5 Å². The number of fused-ring (bicyclic) bond motifs is 1. The van der Waals surface area contributed by atoms with Gasteiger partial charge in [-0.25, -0.2) is 4.98 Å². The third-order valence-electron chi connectivity index (χ3n) is 6.01. The molecule has 0 saturated carbocycles. The summed E-state index contributed by atoms with van der Waals surface area (Å²) < 4.78 is 7.38. The summed E-state index contributed by atoms with van der Waals surface area (Å²) >= 11 is 12.1. The number of hydrogen-bond acceptors (Lipinski definition) is 6. The lowest BCUT2D eigenvalue weighted by molar-refractivity contribution is -0.0296. The molecule has 0 aliphatic carbocycles. The van der Waals surface area contributed by atoms with Gasteiger partial charge in [0.1, 0.15) is 22.3 Å². The Morgan fingerprint density at radius 1 is 1.23 bits per heavy atom. The van der Waals surface area contributed by atoms with Gasteiger partial charge in [0.2, 0.25) is 0 Å². The van der Waals surface area contributed by atoms with Crippen LogP contribution in [0.5, 0.6) is 0 Å². The molecule has 3 aromatic rings. The second-order valence-corrected chi connectivity index (χ2v) is 8.54. The van der Waals surface area contributed by atoms with Gasteiger partial charge in [-0.2, -0.15) is 5.26 Å². The van der Waals surface area contributed by atoms with Gasteiger partial charge in [-0.15, -0.1) is 0 Å². The van der Waals surface area contributed by atoms with Crippen LogP contribution in [-0.4, -0.2) is 40.3 Å². The minimum Gasteiger partial charge on any atom is -0.378 e. The first kappa shape index (κ1) is 21.6. The van der Waals surface area contributed by atoms with Crippen molar-refractivity contribution in [2.75, 3.05) is 25.1 Å². The summed E-state index contributed by atoms with van der Waals surface area (Å²) in [7, 11) is 3.34. The van der Waals surface area contributed by atoms with E-state index in [-0.39, 0.29) is 16.7 Å². The molecule has 0 spiro atoms. The van der Waals surface area contributed by atoms with Crippen molar-refractivity contribution in [2.45, 2.75) is 24.9 Å². The smallest absolute Gasteiger partial charge is 0.270 e. The molecule has 1 aliphatic heterocycles. The quantitative estimate of drug-likeness (QED) is 0.554. The van der Waals surface area contributed by atoms with Crippen molar-refractivity contribution in [3.63, 3.8) is 0 Å². The van der Waals surface area contributed by atoms with E-state index in [2.05, 4.69) is 16.0 Å². The maximum absolute atomic E-state index is 12.8. The molecule has 4 heterocycles. The zero-order valence-electron chi connectivity index (χ0n) is 17.2. The van der Waals surface area contributed by atoms with Gasteiger partial charge in [0.15, 0.2) is 0 Å². The number of ether oxygens (including phenoxy) is 1. The predicted molar refractivity (Wildman–Crippen MR) is 121 cm³/mol. The third kappa shape index (κ3) is 3.99. The molecule has 0 radical (unpaired) electrons. The Morgan fingerprint density at radius 3 is 2.58 bits per heavy atom. The number of halogens is 2. The molecule has 9 heteroatoms. The summed E-state index contributed by atoms with van der Waals surface area (Å²) in [5.41, 5.74) is 1.98. The first-order chi connectivity index (χ1) is 14.9. The number of nitriles is 1. The molecule has 0 amide bonds. The van der Waals surface area contributed by atoms with Crippen LogP contribution in [0.3, 0.4) is 0 Å². The SMILES string of the molecule is COC1(Cc2ccc(Cl)cn2)CCN(c2c(C#N)c(=O)n(C)c3ccc(Cl)nc23)CC1. The number of aromatic nitrogens is 3. The molecule has 0 bridgehead atoms. The zero-order chi connectivity index (χ0) is 22.2. The Morgan fingerprint density at radius 2 is 1.97 bits per heavy atom. The van der Waals surface area contributed by atoms with Crippen LogP contribution in [0, 0.1) is 11.3 Å². The lowest BCUT2D eigenvalue weighted by Crippen LogP contribution is -2.48. The monoisotopic (exact) mass is 457 g/mol. The van der Waals surface area contributed by atoms with Crippen molar-refractivity contribution in [3.8, 4) is 6.07 Å². The normalized spacial score (nSPS) is 15.8. The number of anilines is 1. The second kappa shape index (κ2) is 8.46. The Labute approximate surface area is 189 Å². The van der Waals surface area contributed by atoms with Crippen molar-refractivity contribution in [3.05, 3.63) is 62.2 Å². The number of aryl methyl sites for hydroxylation is 1. The molecule has 0 aromatic carbocycles. The highest BCUT2D eigenvalue weighted by Gasteiger charge is 2.37. The summed E-state index contributed by atoms with van der Waals surface area (Å²) in [6.45, 7) is 1.21. The molecule has 0 N–H and O–H groups in total. The van der Waals surface area contributed by atoms with Crippen LogP contribution in [0.1, 0.15) is 24.1 Å². The summed E-state index contributed by atoms with van der Waals surface area (Å²) in [6.07, 6.45) is 3.70. The Kier molecular flexibility index (Phi) is 5.89. The van der Waals surface area contributed by atoms with Gasteiger partial charge in [0, 0.05) is 45.6 Å². The topological polar surface area (TPSA) is 84.0 Å². The Bertz CT molecular complexity index is 1230. The third-order valence-corrected chi connectivity index (χ3v) is 6.44. The molecule has 0 unspecified atom stereocenters. The molecule has 1 aliphatic rings. The molecular weight excluding hydrogens is 437 g/mol. The van der Waals surface area contributed by atoms with E-state index in [1.165, 1.54) is 4.57 Å². The van der Waals surface area contributed by atoms with Crippen molar-refractivity contribution < 1.29 is 4.74 Å². The molecule has 1 fully saturated rings.